The molecule has 0 bridgehead atoms. The van der Waals surface area contributed by atoms with Crippen molar-refractivity contribution in [3.8, 4) is 11.1 Å². The largest absolute Gasteiger partial charge is 0.310 e. The predicted octanol–water partition coefficient (Wildman–Crippen LogP) is 16.6. The van der Waals surface area contributed by atoms with Crippen LogP contribution in [0.2, 0.25) is 0 Å². The number of rotatable bonds is 17. The van der Waals surface area contributed by atoms with E-state index in [1.165, 1.54) is 83.3 Å². The lowest BCUT2D eigenvalue weighted by Gasteiger charge is -2.39. The van der Waals surface area contributed by atoms with Crippen LogP contribution in [0.4, 0.5) is 34.1 Å². The molecule has 0 heterocycles. The summed E-state index contributed by atoms with van der Waals surface area (Å²) in [5.74, 6) is 0.423. The smallest absolute Gasteiger partial charge is 0.0467 e. The maximum atomic E-state index is 4.11. The van der Waals surface area contributed by atoms with Gasteiger partial charge in [0.15, 0.2) is 0 Å². The van der Waals surface area contributed by atoms with Gasteiger partial charge in [-0.1, -0.05) is 152 Å². The Hall–Kier alpha value is -5.60. The summed E-state index contributed by atoms with van der Waals surface area (Å²) in [5, 5.41) is 0. The summed E-state index contributed by atoms with van der Waals surface area (Å²) in [6.07, 6.45) is 13.8. The standard InChI is InChI=1S/C55H60N2/c1-8-12-13-14-15-16-33-55(42(7)9-2)53-38-49(56(45-25-17-21-40(5)34-45)47-27-19-23-43(10-3)36-47)29-31-51(53)52-32-30-50(39-54(52)55)57(46-26-18-22-41(6)35-46)48-28-20-24-44(11-4)37-48/h10-11,17-32,34-39,42H,3-4,8-9,12-16,33H2,1-2,5-7H3. The quantitative estimate of drug-likeness (QED) is 0.0857. The first-order valence-corrected chi connectivity index (χ1v) is 21.3. The highest BCUT2D eigenvalue weighted by Crippen LogP contribution is 2.58. The molecule has 0 aliphatic heterocycles. The first kappa shape index (κ1) is 39.6. The van der Waals surface area contributed by atoms with Crippen molar-refractivity contribution in [2.45, 2.75) is 91.4 Å². The Kier molecular flexibility index (Phi) is 12.3. The minimum absolute atomic E-state index is 0.154. The molecular weight excluding hydrogens is 689 g/mol. The SMILES string of the molecule is C=Cc1cccc(N(c2cccc(C)c2)c2ccc3c(c2)C(CCCCCCCC)(C(C)CC)c2cc(N(c4cccc(C)c4)c4cccc(C=C)c4)ccc2-3)c1. The Morgan fingerprint density at radius 1 is 0.509 bits per heavy atom. The van der Waals surface area contributed by atoms with E-state index in [-0.39, 0.29) is 5.41 Å². The summed E-state index contributed by atoms with van der Waals surface area (Å²) in [7, 11) is 0. The molecule has 2 nitrogen and oxygen atoms in total. The second-order valence-electron chi connectivity index (χ2n) is 16.2. The van der Waals surface area contributed by atoms with E-state index in [4.69, 9.17) is 0 Å². The summed E-state index contributed by atoms with van der Waals surface area (Å²) in [6.45, 7) is 19.8. The predicted molar refractivity (Wildman–Crippen MR) is 249 cm³/mol. The molecular formula is C55H60N2. The molecule has 1 unspecified atom stereocenters. The van der Waals surface area contributed by atoms with Gasteiger partial charge in [0.05, 0.1) is 0 Å². The van der Waals surface area contributed by atoms with Gasteiger partial charge in [-0.2, -0.15) is 0 Å². The first-order chi connectivity index (χ1) is 27.8. The van der Waals surface area contributed by atoms with Gasteiger partial charge in [0, 0.05) is 39.5 Å². The number of nitrogens with zero attached hydrogens (tertiary/aromatic N) is 2. The maximum Gasteiger partial charge on any atom is 0.0467 e. The van der Waals surface area contributed by atoms with E-state index in [0.717, 1.165) is 46.7 Å². The van der Waals surface area contributed by atoms with E-state index in [9.17, 15) is 0 Å². The number of hydrogen-bond donors (Lipinski definition) is 0. The first-order valence-electron chi connectivity index (χ1n) is 21.3. The summed E-state index contributed by atoms with van der Waals surface area (Å²) in [6, 6.07) is 49.9. The molecule has 0 radical (unpaired) electrons. The Morgan fingerprint density at radius 2 is 0.930 bits per heavy atom. The molecule has 6 aromatic carbocycles. The van der Waals surface area contributed by atoms with E-state index in [1.807, 2.05) is 12.2 Å². The number of aryl methyl sites for hydroxylation is 2. The van der Waals surface area contributed by atoms with Crippen molar-refractivity contribution in [3.63, 3.8) is 0 Å². The summed E-state index contributed by atoms with van der Waals surface area (Å²) < 4.78 is 0. The molecule has 7 rings (SSSR count). The van der Waals surface area contributed by atoms with Crippen molar-refractivity contribution in [1.82, 2.24) is 0 Å². The average molecular weight is 749 g/mol. The second kappa shape index (κ2) is 17.7. The molecule has 0 spiro atoms. The number of unbranched alkanes of at least 4 members (excludes halogenated alkanes) is 5. The lowest BCUT2D eigenvalue weighted by Crippen LogP contribution is -2.33. The third kappa shape index (κ3) is 8.01. The van der Waals surface area contributed by atoms with Gasteiger partial charge in [-0.05, 0) is 143 Å². The van der Waals surface area contributed by atoms with Crippen LogP contribution in [0.15, 0.2) is 147 Å². The number of benzene rings is 6. The van der Waals surface area contributed by atoms with E-state index in [1.54, 1.807) is 0 Å². The molecule has 1 aliphatic rings. The van der Waals surface area contributed by atoms with Crippen LogP contribution in [0.3, 0.4) is 0 Å². The van der Waals surface area contributed by atoms with Gasteiger partial charge in [0.1, 0.15) is 0 Å². The molecule has 290 valence electrons. The van der Waals surface area contributed by atoms with E-state index < -0.39 is 0 Å². The molecule has 0 amide bonds. The highest BCUT2D eigenvalue weighted by atomic mass is 15.1. The van der Waals surface area contributed by atoms with Crippen molar-refractivity contribution >= 4 is 46.3 Å². The number of fused-ring (bicyclic) bond motifs is 3. The van der Waals surface area contributed by atoms with Crippen LogP contribution in [0.25, 0.3) is 23.3 Å². The van der Waals surface area contributed by atoms with Crippen LogP contribution in [-0.2, 0) is 5.41 Å². The Morgan fingerprint density at radius 3 is 1.37 bits per heavy atom. The summed E-state index contributed by atoms with van der Waals surface area (Å²) >= 11 is 0. The van der Waals surface area contributed by atoms with Crippen LogP contribution in [0.5, 0.6) is 0 Å². The van der Waals surface area contributed by atoms with Gasteiger partial charge < -0.3 is 9.80 Å². The third-order valence-corrected chi connectivity index (χ3v) is 12.4. The van der Waals surface area contributed by atoms with Gasteiger partial charge in [-0.3, -0.25) is 0 Å². The molecule has 57 heavy (non-hydrogen) atoms. The Balaban J connectivity index is 1.44. The lowest BCUT2D eigenvalue weighted by atomic mass is 9.65. The van der Waals surface area contributed by atoms with E-state index in [0.29, 0.717) is 5.92 Å². The monoisotopic (exact) mass is 748 g/mol. The molecule has 2 heteroatoms. The van der Waals surface area contributed by atoms with Crippen LogP contribution < -0.4 is 9.80 Å². The summed E-state index contributed by atoms with van der Waals surface area (Å²) in [5.41, 5.74) is 17.2. The fourth-order valence-corrected chi connectivity index (χ4v) is 9.29. The van der Waals surface area contributed by atoms with E-state index in [2.05, 4.69) is 191 Å². The molecule has 0 saturated carbocycles. The maximum absolute atomic E-state index is 4.11. The Labute approximate surface area is 343 Å². The van der Waals surface area contributed by atoms with Crippen LogP contribution in [-0.4, -0.2) is 0 Å². The zero-order valence-corrected chi connectivity index (χ0v) is 34.9. The molecule has 6 aromatic rings. The minimum atomic E-state index is -0.154. The normalized spacial score (nSPS) is 13.1. The van der Waals surface area contributed by atoms with E-state index >= 15 is 0 Å². The van der Waals surface area contributed by atoms with Crippen molar-refractivity contribution < 1.29 is 0 Å². The van der Waals surface area contributed by atoms with Gasteiger partial charge in [0.25, 0.3) is 0 Å². The highest BCUT2D eigenvalue weighted by molar-refractivity contribution is 5.89. The fourth-order valence-electron chi connectivity index (χ4n) is 9.29. The van der Waals surface area contributed by atoms with Crippen molar-refractivity contribution in [3.05, 3.63) is 180 Å². The zero-order valence-electron chi connectivity index (χ0n) is 34.9. The molecule has 1 aliphatic carbocycles. The third-order valence-electron chi connectivity index (χ3n) is 12.4. The van der Waals surface area contributed by atoms with Crippen molar-refractivity contribution in [2.24, 2.45) is 5.92 Å². The number of anilines is 6. The second-order valence-corrected chi connectivity index (χ2v) is 16.2. The molecule has 1 atom stereocenters. The Bertz CT molecular complexity index is 2200. The summed E-state index contributed by atoms with van der Waals surface area (Å²) in [4.78, 5) is 4.87. The molecule has 0 aromatic heterocycles. The van der Waals surface area contributed by atoms with Crippen LogP contribution >= 0.6 is 0 Å². The molecule has 0 N–H and O–H groups in total. The lowest BCUT2D eigenvalue weighted by molar-refractivity contribution is 0.309. The molecule has 0 fully saturated rings. The highest BCUT2D eigenvalue weighted by Gasteiger charge is 2.46. The minimum Gasteiger partial charge on any atom is -0.310 e. The average Bonchev–Trinajstić information content (AvgIpc) is 3.51. The fraction of sp³-hybridized carbons (Fsp3) is 0.273. The number of hydrogen-bond acceptors (Lipinski definition) is 2. The topological polar surface area (TPSA) is 6.48 Å². The van der Waals surface area contributed by atoms with Gasteiger partial charge in [-0.25, -0.2) is 0 Å². The van der Waals surface area contributed by atoms with Gasteiger partial charge >= 0.3 is 0 Å². The van der Waals surface area contributed by atoms with Crippen LogP contribution in [0.1, 0.15) is 106 Å². The van der Waals surface area contributed by atoms with Gasteiger partial charge in [-0.15, -0.1) is 0 Å². The van der Waals surface area contributed by atoms with Crippen molar-refractivity contribution in [2.75, 3.05) is 9.80 Å². The van der Waals surface area contributed by atoms with Crippen LogP contribution in [0, 0.1) is 19.8 Å². The zero-order chi connectivity index (χ0) is 39.9. The van der Waals surface area contributed by atoms with Crippen molar-refractivity contribution in [1.29, 1.82) is 0 Å². The molecule has 0 saturated heterocycles. The van der Waals surface area contributed by atoms with Gasteiger partial charge in [0.2, 0.25) is 0 Å².